The van der Waals surface area contributed by atoms with Gasteiger partial charge in [0.2, 0.25) is 5.43 Å². The normalized spacial score (nSPS) is 16.1. The van der Waals surface area contributed by atoms with Gasteiger partial charge in [0.05, 0.1) is 11.2 Å². The van der Waals surface area contributed by atoms with Gasteiger partial charge in [-0.1, -0.05) is 0 Å². The fourth-order valence-electron chi connectivity index (χ4n) is 2.60. The van der Waals surface area contributed by atoms with E-state index in [9.17, 15) is 9.18 Å². The van der Waals surface area contributed by atoms with Crippen molar-refractivity contribution in [3.8, 4) is 6.07 Å². The fourth-order valence-corrected chi connectivity index (χ4v) is 2.60. The largest absolute Gasteiger partial charge is 0.367 e. The lowest BCUT2D eigenvalue weighted by Gasteiger charge is -2.34. The van der Waals surface area contributed by atoms with Gasteiger partial charge >= 0.3 is 0 Å². The summed E-state index contributed by atoms with van der Waals surface area (Å²) in [5.74, 6) is -0.423. The number of pyridine rings is 1. The van der Waals surface area contributed by atoms with Crippen molar-refractivity contribution in [3.05, 3.63) is 39.9 Å². The Balaban J connectivity index is 2.08. The molecular formula is C15H15FN4O. The first kappa shape index (κ1) is 13.6. The van der Waals surface area contributed by atoms with E-state index in [0.29, 0.717) is 11.2 Å². The molecule has 0 amide bonds. The summed E-state index contributed by atoms with van der Waals surface area (Å²) >= 11 is 0. The quantitative estimate of drug-likeness (QED) is 0.858. The number of fused-ring (bicyclic) bond motifs is 1. The molecule has 0 radical (unpaired) electrons. The van der Waals surface area contributed by atoms with Crippen LogP contribution in [0.1, 0.15) is 5.56 Å². The average molecular weight is 286 g/mol. The second kappa shape index (κ2) is 5.19. The van der Waals surface area contributed by atoms with Gasteiger partial charge in [-0.2, -0.15) is 5.26 Å². The van der Waals surface area contributed by atoms with Crippen LogP contribution in [0.5, 0.6) is 0 Å². The second-order valence-electron chi connectivity index (χ2n) is 5.28. The molecule has 1 aliphatic rings. The van der Waals surface area contributed by atoms with Crippen LogP contribution in [0.25, 0.3) is 10.9 Å². The number of aromatic nitrogens is 1. The number of aromatic amines is 1. The minimum absolute atomic E-state index is 0.00533. The Labute approximate surface area is 121 Å². The van der Waals surface area contributed by atoms with Gasteiger partial charge in [0.25, 0.3) is 0 Å². The molecule has 0 aliphatic carbocycles. The minimum Gasteiger partial charge on any atom is -0.367 e. The van der Waals surface area contributed by atoms with Gasteiger partial charge in [0.15, 0.2) is 0 Å². The minimum atomic E-state index is -0.435. The number of nitriles is 1. The third-order valence-corrected chi connectivity index (χ3v) is 3.91. The first-order valence-corrected chi connectivity index (χ1v) is 6.78. The van der Waals surface area contributed by atoms with Crippen LogP contribution in [-0.4, -0.2) is 43.1 Å². The summed E-state index contributed by atoms with van der Waals surface area (Å²) in [4.78, 5) is 19.1. The monoisotopic (exact) mass is 286 g/mol. The molecular weight excluding hydrogens is 271 g/mol. The molecule has 1 aromatic carbocycles. The van der Waals surface area contributed by atoms with Gasteiger partial charge in [-0.05, 0) is 19.2 Å². The Kier molecular flexibility index (Phi) is 3.35. The van der Waals surface area contributed by atoms with Crippen LogP contribution in [0, 0.1) is 17.1 Å². The predicted molar refractivity (Wildman–Crippen MR) is 79.0 cm³/mol. The van der Waals surface area contributed by atoms with Crippen LogP contribution >= 0.6 is 0 Å². The number of rotatable bonds is 1. The molecule has 0 bridgehead atoms. The first-order chi connectivity index (χ1) is 10.1. The molecule has 0 spiro atoms. The lowest BCUT2D eigenvalue weighted by Crippen LogP contribution is -2.44. The van der Waals surface area contributed by atoms with Crippen molar-refractivity contribution >= 4 is 16.6 Å². The van der Waals surface area contributed by atoms with Crippen LogP contribution in [0.15, 0.2) is 23.1 Å². The van der Waals surface area contributed by atoms with Gasteiger partial charge in [0.1, 0.15) is 17.4 Å². The fraction of sp³-hybridized carbons (Fsp3) is 0.333. The molecule has 0 atom stereocenters. The lowest BCUT2D eigenvalue weighted by molar-refractivity contribution is 0.312. The number of nitrogens with one attached hydrogen (secondary N) is 1. The number of hydrogen-bond acceptors (Lipinski definition) is 4. The molecule has 1 aromatic heterocycles. The summed E-state index contributed by atoms with van der Waals surface area (Å²) in [7, 11) is 2.04. The van der Waals surface area contributed by atoms with E-state index < -0.39 is 11.2 Å². The standard InChI is InChI=1S/C15H15FN4O/c1-19-2-4-20(5-3-19)14-7-13-11(6-12(14)16)15(21)10(8-17)9-18-13/h6-7,9H,2-5H2,1H3,(H,18,21). The average Bonchev–Trinajstić information content (AvgIpc) is 2.49. The van der Waals surface area contributed by atoms with E-state index in [2.05, 4.69) is 9.88 Å². The van der Waals surface area contributed by atoms with Crippen molar-refractivity contribution in [2.75, 3.05) is 38.1 Å². The summed E-state index contributed by atoms with van der Waals surface area (Å²) in [6.07, 6.45) is 1.37. The Morgan fingerprint density at radius 3 is 2.67 bits per heavy atom. The predicted octanol–water partition coefficient (Wildman–Crippen LogP) is 1.29. The molecule has 108 valence electrons. The van der Waals surface area contributed by atoms with Crippen LogP contribution < -0.4 is 10.3 Å². The van der Waals surface area contributed by atoms with Crippen molar-refractivity contribution in [3.63, 3.8) is 0 Å². The van der Waals surface area contributed by atoms with Crippen molar-refractivity contribution in [1.29, 1.82) is 5.26 Å². The van der Waals surface area contributed by atoms with E-state index in [4.69, 9.17) is 5.26 Å². The highest BCUT2D eigenvalue weighted by atomic mass is 19.1. The molecule has 1 fully saturated rings. The lowest BCUT2D eigenvalue weighted by atomic mass is 10.1. The van der Waals surface area contributed by atoms with Gasteiger partial charge in [-0.25, -0.2) is 4.39 Å². The third-order valence-electron chi connectivity index (χ3n) is 3.91. The molecule has 1 aliphatic heterocycles. The van der Waals surface area contributed by atoms with Crippen LogP contribution in [0.3, 0.4) is 0 Å². The van der Waals surface area contributed by atoms with Gasteiger partial charge in [-0.3, -0.25) is 4.79 Å². The first-order valence-electron chi connectivity index (χ1n) is 6.78. The number of piperazine rings is 1. The summed E-state index contributed by atoms with van der Waals surface area (Å²) in [6.45, 7) is 3.25. The van der Waals surface area contributed by atoms with Crippen LogP contribution in [0.2, 0.25) is 0 Å². The zero-order valence-electron chi connectivity index (χ0n) is 11.7. The van der Waals surface area contributed by atoms with Crippen molar-refractivity contribution in [2.24, 2.45) is 0 Å². The Morgan fingerprint density at radius 2 is 2.00 bits per heavy atom. The number of anilines is 1. The second-order valence-corrected chi connectivity index (χ2v) is 5.28. The Hall–Kier alpha value is -2.39. The molecule has 0 saturated carbocycles. The van der Waals surface area contributed by atoms with Gasteiger partial charge < -0.3 is 14.8 Å². The topological polar surface area (TPSA) is 63.1 Å². The number of hydrogen-bond donors (Lipinski definition) is 1. The highest BCUT2D eigenvalue weighted by Crippen LogP contribution is 2.24. The zero-order valence-corrected chi connectivity index (χ0v) is 11.7. The third kappa shape index (κ3) is 2.36. The SMILES string of the molecule is CN1CCN(c2cc3[nH]cc(C#N)c(=O)c3cc2F)CC1. The maximum Gasteiger partial charge on any atom is 0.207 e. The number of benzene rings is 1. The van der Waals surface area contributed by atoms with Crippen molar-refractivity contribution in [2.45, 2.75) is 0 Å². The van der Waals surface area contributed by atoms with Crippen LogP contribution in [-0.2, 0) is 0 Å². The summed E-state index contributed by atoms with van der Waals surface area (Å²) < 4.78 is 14.3. The molecule has 21 heavy (non-hydrogen) atoms. The number of halogens is 1. The highest BCUT2D eigenvalue weighted by molar-refractivity contribution is 5.83. The maximum atomic E-state index is 14.3. The smallest absolute Gasteiger partial charge is 0.207 e. The molecule has 1 saturated heterocycles. The number of nitrogens with zero attached hydrogens (tertiary/aromatic N) is 3. The van der Waals surface area contributed by atoms with E-state index in [1.54, 1.807) is 6.07 Å². The molecule has 6 heteroatoms. The summed E-state index contributed by atoms with van der Waals surface area (Å²) in [5.41, 5.74) is 0.606. The summed E-state index contributed by atoms with van der Waals surface area (Å²) in [6, 6.07) is 4.68. The van der Waals surface area contributed by atoms with E-state index in [-0.39, 0.29) is 10.9 Å². The van der Waals surface area contributed by atoms with Gasteiger partial charge in [0, 0.05) is 37.8 Å². The van der Waals surface area contributed by atoms with Crippen molar-refractivity contribution < 1.29 is 4.39 Å². The molecule has 0 unspecified atom stereocenters. The van der Waals surface area contributed by atoms with E-state index in [1.165, 1.54) is 12.3 Å². The molecule has 3 rings (SSSR count). The van der Waals surface area contributed by atoms with E-state index in [1.807, 2.05) is 18.0 Å². The van der Waals surface area contributed by atoms with Crippen molar-refractivity contribution in [1.82, 2.24) is 9.88 Å². The number of likely N-dealkylation sites (N-methyl/N-ethyl adjacent to an activating group) is 1. The molecule has 2 heterocycles. The summed E-state index contributed by atoms with van der Waals surface area (Å²) in [5, 5.41) is 9.07. The Morgan fingerprint density at radius 1 is 1.29 bits per heavy atom. The van der Waals surface area contributed by atoms with E-state index in [0.717, 1.165) is 26.2 Å². The van der Waals surface area contributed by atoms with Gasteiger partial charge in [-0.15, -0.1) is 0 Å². The number of H-pyrrole nitrogens is 1. The molecule has 1 N–H and O–H groups in total. The zero-order chi connectivity index (χ0) is 15.0. The highest BCUT2D eigenvalue weighted by Gasteiger charge is 2.19. The van der Waals surface area contributed by atoms with Crippen LogP contribution in [0.4, 0.5) is 10.1 Å². The van der Waals surface area contributed by atoms with E-state index >= 15 is 0 Å². The maximum absolute atomic E-state index is 14.3. The molecule has 5 nitrogen and oxygen atoms in total. The Bertz CT molecular complexity index is 785. The molecule has 2 aromatic rings.